The van der Waals surface area contributed by atoms with Crippen molar-refractivity contribution in [2.75, 3.05) is 53.5 Å². The van der Waals surface area contributed by atoms with Crippen LogP contribution >= 0.6 is 0 Å². The highest BCUT2D eigenvalue weighted by atomic mass is 16.5. The molecule has 2 aromatic rings. The van der Waals surface area contributed by atoms with Crippen LogP contribution in [-0.4, -0.2) is 75.1 Å². The lowest BCUT2D eigenvalue weighted by Crippen LogP contribution is -2.48. The van der Waals surface area contributed by atoms with E-state index in [1.54, 1.807) is 38.5 Å². The Balaban J connectivity index is 1.35. The number of aryl methyl sites for hydroxylation is 1. The van der Waals surface area contributed by atoms with Crippen molar-refractivity contribution in [2.24, 2.45) is 0 Å². The molecule has 0 aromatic heterocycles. The van der Waals surface area contributed by atoms with Crippen LogP contribution in [0.3, 0.4) is 0 Å². The number of benzene rings is 2. The molecule has 7 nitrogen and oxygen atoms in total. The van der Waals surface area contributed by atoms with Crippen molar-refractivity contribution in [3.8, 4) is 11.5 Å². The van der Waals surface area contributed by atoms with Crippen LogP contribution in [0, 0.1) is 6.92 Å². The number of methoxy groups -OCH3 is 2. The van der Waals surface area contributed by atoms with Gasteiger partial charge in [-0.15, -0.1) is 0 Å². The van der Waals surface area contributed by atoms with E-state index in [1.165, 1.54) is 5.56 Å². The van der Waals surface area contributed by atoms with Crippen LogP contribution in [0.5, 0.6) is 11.5 Å². The Hall–Kier alpha value is -3.32. The number of amides is 2. The van der Waals surface area contributed by atoms with Crippen molar-refractivity contribution in [1.82, 2.24) is 15.1 Å². The first-order valence-electron chi connectivity index (χ1n) is 11.3. The fraction of sp³-hybridized carbons (Fsp3) is 0.385. The minimum Gasteiger partial charge on any atom is -0.493 e. The zero-order chi connectivity index (χ0) is 23.6. The molecule has 1 aliphatic heterocycles. The van der Waals surface area contributed by atoms with Gasteiger partial charge in [0.25, 0.3) is 5.91 Å². The summed E-state index contributed by atoms with van der Waals surface area (Å²) in [4.78, 5) is 29.1. The summed E-state index contributed by atoms with van der Waals surface area (Å²) in [6, 6.07) is 13.2. The number of nitrogens with one attached hydrogen (secondary N) is 1. The van der Waals surface area contributed by atoms with E-state index < -0.39 is 0 Å². The predicted octanol–water partition coefficient (Wildman–Crippen LogP) is 2.99. The average molecular weight is 452 g/mol. The minimum atomic E-state index is -0.133. The molecule has 2 amide bonds. The molecular weight excluding hydrogens is 418 g/mol. The summed E-state index contributed by atoms with van der Waals surface area (Å²) in [5.41, 5.74) is 2.77. The van der Waals surface area contributed by atoms with Gasteiger partial charge in [0.2, 0.25) is 5.91 Å². The van der Waals surface area contributed by atoms with Gasteiger partial charge in [0, 0.05) is 44.4 Å². The third-order valence-corrected chi connectivity index (χ3v) is 5.76. The highest BCUT2D eigenvalue weighted by Gasteiger charge is 2.19. The monoisotopic (exact) mass is 451 g/mol. The molecule has 0 aliphatic carbocycles. The van der Waals surface area contributed by atoms with Crippen molar-refractivity contribution in [3.63, 3.8) is 0 Å². The number of rotatable bonds is 9. The standard InChI is InChI=1S/C26H33N3O4/c1-20-5-7-21(8-6-20)9-12-25(30)29-17-15-28(16-18-29)14-4-13-27-26(31)22-10-11-23(32-2)24(19-22)33-3/h5-12,19H,4,13-18H2,1-3H3,(H,27,31)/b12-9+. The van der Waals surface area contributed by atoms with Crippen molar-refractivity contribution >= 4 is 17.9 Å². The molecule has 1 fully saturated rings. The Kier molecular flexibility index (Phi) is 8.89. The number of carbonyl (C=O) groups excluding carboxylic acids is 2. The van der Waals surface area contributed by atoms with Crippen LogP contribution in [0.1, 0.15) is 27.9 Å². The first-order chi connectivity index (χ1) is 16.0. The Bertz CT molecular complexity index is 964. The van der Waals surface area contributed by atoms with Gasteiger partial charge in [-0.05, 0) is 49.7 Å². The molecule has 7 heteroatoms. The molecule has 0 unspecified atom stereocenters. The normalized spacial score (nSPS) is 14.3. The molecule has 0 saturated carbocycles. The second kappa shape index (κ2) is 12.1. The molecule has 3 rings (SSSR count). The number of ether oxygens (including phenoxy) is 2. The number of piperazine rings is 1. The summed E-state index contributed by atoms with van der Waals surface area (Å²) in [5.74, 6) is 1.05. The predicted molar refractivity (Wildman–Crippen MR) is 130 cm³/mol. The van der Waals surface area contributed by atoms with E-state index in [4.69, 9.17) is 9.47 Å². The van der Waals surface area contributed by atoms with E-state index in [0.717, 1.165) is 44.7 Å². The van der Waals surface area contributed by atoms with Gasteiger partial charge in [-0.2, -0.15) is 0 Å². The van der Waals surface area contributed by atoms with E-state index in [2.05, 4.69) is 10.2 Å². The third-order valence-electron chi connectivity index (χ3n) is 5.76. The van der Waals surface area contributed by atoms with Gasteiger partial charge in [-0.3, -0.25) is 14.5 Å². The Morgan fingerprint density at radius 3 is 2.33 bits per heavy atom. The van der Waals surface area contributed by atoms with Gasteiger partial charge in [-0.25, -0.2) is 0 Å². The molecule has 0 radical (unpaired) electrons. The van der Waals surface area contributed by atoms with Gasteiger partial charge in [0.1, 0.15) is 0 Å². The van der Waals surface area contributed by atoms with Crippen LogP contribution in [0.15, 0.2) is 48.5 Å². The van der Waals surface area contributed by atoms with Crippen LogP contribution in [0.25, 0.3) is 6.08 Å². The molecule has 0 bridgehead atoms. The summed E-state index contributed by atoms with van der Waals surface area (Å²) in [6.07, 6.45) is 4.37. The Morgan fingerprint density at radius 2 is 1.67 bits per heavy atom. The van der Waals surface area contributed by atoms with Crippen molar-refractivity contribution in [3.05, 3.63) is 65.2 Å². The Morgan fingerprint density at radius 1 is 0.970 bits per heavy atom. The van der Waals surface area contributed by atoms with Crippen molar-refractivity contribution in [1.29, 1.82) is 0 Å². The topological polar surface area (TPSA) is 71.1 Å². The zero-order valence-corrected chi connectivity index (χ0v) is 19.7. The van der Waals surface area contributed by atoms with Crippen LogP contribution in [0.4, 0.5) is 0 Å². The lowest BCUT2D eigenvalue weighted by molar-refractivity contribution is -0.127. The molecule has 176 valence electrons. The third kappa shape index (κ3) is 7.08. The minimum absolute atomic E-state index is 0.0532. The number of hydrogen-bond donors (Lipinski definition) is 1. The molecule has 1 saturated heterocycles. The lowest BCUT2D eigenvalue weighted by atomic mass is 10.1. The van der Waals surface area contributed by atoms with E-state index in [1.807, 2.05) is 42.2 Å². The van der Waals surface area contributed by atoms with E-state index >= 15 is 0 Å². The highest BCUT2D eigenvalue weighted by molar-refractivity contribution is 5.95. The molecule has 2 aromatic carbocycles. The number of nitrogens with zero attached hydrogens (tertiary/aromatic N) is 2. The smallest absolute Gasteiger partial charge is 0.251 e. The average Bonchev–Trinajstić information content (AvgIpc) is 2.85. The van der Waals surface area contributed by atoms with Gasteiger partial charge in [-0.1, -0.05) is 29.8 Å². The molecule has 0 spiro atoms. The lowest BCUT2D eigenvalue weighted by Gasteiger charge is -2.34. The summed E-state index contributed by atoms with van der Waals surface area (Å²) in [7, 11) is 3.11. The summed E-state index contributed by atoms with van der Waals surface area (Å²) in [6.45, 7) is 6.63. The largest absolute Gasteiger partial charge is 0.493 e. The fourth-order valence-corrected chi connectivity index (χ4v) is 3.73. The SMILES string of the molecule is COc1ccc(C(=O)NCCCN2CCN(C(=O)/C=C/c3ccc(C)cc3)CC2)cc1OC. The molecule has 1 aliphatic rings. The maximum absolute atomic E-state index is 12.5. The molecule has 33 heavy (non-hydrogen) atoms. The summed E-state index contributed by atoms with van der Waals surface area (Å²) >= 11 is 0. The first-order valence-corrected chi connectivity index (χ1v) is 11.3. The first kappa shape index (κ1) is 24.3. The number of carbonyl (C=O) groups is 2. The quantitative estimate of drug-likeness (QED) is 0.469. The summed E-state index contributed by atoms with van der Waals surface area (Å²) in [5, 5.41) is 2.95. The van der Waals surface area contributed by atoms with Gasteiger partial charge in [0.05, 0.1) is 14.2 Å². The molecule has 1 N–H and O–H groups in total. The van der Waals surface area contributed by atoms with Crippen LogP contribution < -0.4 is 14.8 Å². The number of hydrogen-bond acceptors (Lipinski definition) is 5. The van der Waals surface area contributed by atoms with Gasteiger partial charge < -0.3 is 19.7 Å². The van der Waals surface area contributed by atoms with Crippen LogP contribution in [0.2, 0.25) is 0 Å². The molecular formula is C26H33N3O4. The maximum Gasteiger partial charge on any atom is 0.251 e. The zero-order valence-electron chi connectivity index (χ0n) is 19.7. The van der Waals surface area contributed by atoms with Crippen LogP contribution in [-0.2, 0) is 4.79 Å². The Labute approximate surface area is 196 Å². The van der Waals surface area contributed by atoms with Gasteiger partial charge >= 0.3 is 0 Å². The molecule has 1 heterocycles. The summed E-state index contributed by atoms with van der Waals surface area (Å²) < 4.78 is 10.5. The van der Waals surface area contributed by atoms with E-state index in [-0.39, 0.29) is 11.8 Å². The second-order valence-electron chi connectivity index (χ2n) is 8.09. The fourth-order valence-electron chi connectivity index (χ4n) is 3.73. The maximum atomic E-state index is 12.5. The second-order valence-corrected chi connectivity index (χ2v) is 8.09. The van der Waals surface area contributed by atoms with Gasteiger partial charge in [0.15, 0.2) is 11.5 Å². The van der Waals surface area contributed by atoms with E-state index in [0.29, 0.717) is 23.6 Å². The molecule has 0 atom stereocenters. The van der Waals surface area contributed by atoms with E-state index in [9.17, 15) is 9.59 Å². The van der Waals surface area contributed by atoms with Crippen molar-refractivity contribution in [2.45, 2.75) is 13.3 Å². The highest BCUT2D eigenvalue weighted by Crippen LogP contribution is 2.27. The van der Waals surface area contributed by atoms with Crippen molar-refractivity contribution < 1.29 is 19.1 Å².